The van der Waals surface area contributed by atoms with Crippen molar-refractivity contribution in [3.8, 4) is 0 Å². The third-order valence-electron chi connectivity index (χ3n) is 4.02. The van der Waals surface area contributed by atoms with E-state index in [1.807, 2.05) is 18.2 Å². The van der Waals surface area contributed by atoms with E-state index in [-0.39, 0.29) is 11.8 Å². The first kappa shape index (κ1) is 20.3. The molecular formula is C22H20N6O2. The molecule has 3 aromatic rings. The maximum Gasteiger partial charge on any atom is 0.271 e. The highest BCUT2D eigenvalue weighted by Gasteiger charge is 2.04. The fourth-order valence-electron chi connectivity index (χ4n) is 2.45. The summed E-state index contributed by atoms with van der Waals surface area (Å²) in [6.07, 6.45) is 3.03. The topological polar surface area (TPSA) is 135 Å². The first-order valence-electron chi connectivity index (χ1n) is 8.99. The lowest BCUT2D eigenvalue weighted by molar-refractivity contribution is 0.0947. The molecule has 0 fully saturated rings. The van der Waals surface area contributed by atoms with Gasteiger partial charge in [-0.3, -0.25) is 9.59 Å². The minimum absolute atomic E-state index is 0.339. The van der Waals surface area contributed by atoms with Crippen LogP contribution < -0.4 is 22.3 Å². The van der Waals surface area contributed by atoms with E-state index in [2.05, 4.69) is 21.1 Å². The number of hydrogen-bond donors (Lipinski definition) is 4. The van der Waals surface area contributed by atoms with Gasteiger partial charge in [-0.05, 0) is 65.7 Å². The second-order valence-corrected chi connectivity index (χ2v) is 6.31. The van der Waals surface area contributed by atoms with Crippen molar-refractivity contribution in [2.45, 2.75) is 0 Å². The van der Waals surface area contributed by atoms with Crippen molar-refractivity contribution >= 4 is 35.6 Å². The van der Waals surface area contributed by atoms with E-state index < -0.39 is 0 Å². The van der Waals surface area contributed by atoms with E-state index in [4.69, 9.17) is 11.5 Å². The molecular weight excluding hydrogens is 380 g/mol. The molecule has 0 heterocycles. The standard InChI is InChI=1S/C22H20N6O2/c23-19-8-4-17(5-9-19)21(29)27-25-13-15-2-1-3-16(12-15)14-26-28-22(30)18-6-10-20(24)11-7-18/h1-14H,23-24H2,(H,27,29)(H,28,30)/b25-13+,26-14+. The predicted octanol–water partition coefficient (Wildman–Crippen LogP) is 2.38. The normalized spacial score (nSPS) is 10.9. The molecule has 2 amide bonds. The highest BCUT2D eigenvalue weighted by atomic mass is 16.2. The number of nitrogen functional groups attached to an aromatic ring is 2. The summed E-state index contributed by atoms with van der Waals surface area (Å²) in [6.45, 7) is 0. The minimum Gasteiger partial charge on any atom is -0.399 e. The molecule has 0 bridgehead atoms. The Balaban J connectivity index is 1.56. The molecule has 150 valence electrons. The van der Waals surface area contributed by atoms with Crippen LogP contribution in [0.1, 0.15) is 31.8 Å². The molecule has 3 aromatic carbocycles. The van der Waals surface area contributed by atoms with E-state index in [0.717, 1.165) is 11.1 Å². The van der Waals surface area contributed by atoms with Crippen LogP contribution in [0.2, 0.25) is 0 Å². The van der Waals surface area contributed by atoms with Gasteiger partial charge in [0.25, 0.3) is 11.8 Å². The van der Waals surface area contributed by atoms with Gasteiger partial charge in [0.2, 0.25) is 0 Å². The Hall–Kier alpha value is -4.46. The van der Waals surface area contributed by atoms with Crippen LogP contribution in [0.4, 0.5) is 11.4 Å². The van der Waals surface area contributed by atoms with Crippen LogP contribution in [0.25, 0.3) is 0 Å². The van der Waals surface area contributed by atoms with Crippen LogP contribution in [0.5, 0.6) is 0 Å². The largest absolute Gasteiger partial charge is 0.399 e. The molecule has 8 heteroatoms. The molecule has 0 aliphatic heterocycles. The quantitative estimate of drug-likeness (QED) is 0.287. The Morgan fingerprint density at radius 1 is 0.667 bits per heavy atom. The summed E-state index contributed by atoms with van der Waals surface area (Å²) in [6, 6.07) is 20.3. The monoisotopic (exact) mass is 400 g/mol. The first-order valence-corrected chi connectivity index (χ1v) is 8.99. The number of carbonyl (C=O) groups excluding carboxylic acids is 2. The maximum atomic E-state index is 12.0. The van der Waals surface area contributed by atoms with Crippen molar-refractivity contribution in [3.05, 3.63) is 95.1 Å². The van der Waals surface area contributed by atoms with Crippen molar-refractivity contribution in [3.63, 3.8) is 0 Å². The van der Waals surface area contributed by atoms with Gasteiger partial charge in [0.1, 0.15) is 0 Å². The molecule has 0 atom stereocenters. The molecule has 0 unspecified atom stereocenters. The van der Waals surface area contributed by atoms with Gasteiger partial charge in [-0.1, -0.05) is 18.2 Å². The van der Waals surface area contributed by atoms with Crippen molar-refractivity contribution < 1.29 is 9.59 Å². The molecule has 0 radical (unpaired) electrons. The fraction of sp³-hybridized carbons (Fsp3) is 0. The molecule has 6 N–H and O–H groups in total. The molecule has 0 aliphatic carbocycles. The van der Waals surface area contributed by atoms with E-state index in [0.29, 0.717) is 22.5 Å². The lowest BCUT2D eigenvalue weighted by atomic mass is 10.1. The number of amides is 2. The van der Waals surface area contributed by atoms with Gasteiger partial charge in [0.05, 0.1) is 12.4 Å². The van der Waals surface area contributed by atoms with E-state index in [9.17, 15) is 9.59 Å². The van der Waals surface area contributed by atoms with Crippen LogP contribution >= 0.6 is 0 Å². The number of rotatable bonds is 6. The summed E-state index contributed by atoms with van der Waals surface area (Å²) in [5.74, 6) is -0.677. The molecule has 3 rings (SSSR count). The highest BCUT2D eigenvalue weighted by molar-refractivity contribution is 5.96. The highest BCUT2D eigenvalue weighted by Crippen LogP contribution is 2.06. The fourth-order valence-corrected chi connectivity index (χ4v) is 2.45. The van der Waals surface area contributed by atoms with Crippen molar-refractivity contribution in [2.24, 2.45) is 10.2 Å². The van der Waals surface area contributed by atoms with Crippen LogP contribution in [0, 0.1) is 0 Å². The predicted molar refractivity (Wildman–Crippen MR) is 118 cm³/mol. The molecule has 8 nitrogen and oxygen atoms in total. The summed E-state index contributed by atoms with van der Waals surface area (Å²) in [5.41, 5.74) is 19.7. The number of nitrogens with two attached hydrogens (primary N) is 2. The average molecular weight is 400 g/mol. The Kier molecular flexibility index (Phi) is 6.52. The summed E-state index contributed by atoms with van der Waals surface area (Å²) in [5, 5.41) is 7.91. The summed E-state index contributed by atoms with van der Waals surface area (Å²) >= 11 is 0. The minimum atomic E-state index is -0.339. The molecule has 0 spiro atoms. The zero-order chi connectivity index (χ0) is 21.3. The van der Waals surface area contributed by atoms with Crippen molar-refractivity contribution in [1.82, 2.24) is 10.9 Å². The lowest BCUT2D eigenvalue weighted by Crippen LogP contribution is -2.17. The van der Waals surface area contributed by atoms with Gasteiger partial charge < -0.3 is 11.5 Å². The number of benzene rings is 3. The Morgan fingerprint density at radius 3 is 1.47 bits per heavy atom. The van der Waals surface area contributed by atoms with E-state index >= 15 is 0 Å². The number of anilines is 2. The molecule has 0 aromatic heterocycles. The van der Waals surface area contributed by atoms with Gasteiger partial charge in [-0.25, -0.2) is 10.9 Å². The SMILES string of the molecule is Nc1ccc(C(=O)N/N=C/c2cccc(/C=N/NC(=O)c3ccc(N)cc3)c2)cc1. The molecule has 0 saturated carbocycles. The van der Waals surface area contributed by atoms with Crippen molar-refractivity contribution in [2.75, 3.05) is 11.5 Å². The second kappa shape index (κ2) is 9.65. The number of hydrogen-bond acceptors (Lipinski definition) is 6. The Morgan fingerprint density at radius 2 is 1.07 bits per heavy atom. The van der Waals surface area contributed by atoms with Crippen LogP contribution in [0.3, 0.4) is 0 Å². The van der Waals surface area contributed by atoms with Gasteiger partial charge in [-0.2, -0.15) is 10.2 Å². The first-order chi connectivity index (χ1) is 14.5. The number of nitrogens with zero attached hydrogens (tertiary/aromatic N) is 2. The van der Waals surface area contributed by atoms with Gasteiger partial charge in [0, 0.05) is 22.5 Å². The molecule has 30 heavy (non-hydrogen) atoms. The summed E-state index contributed by atoms with van der Waals surface area (Å²) < 4.78 is 0. The second-order valence-electron chi connectivity index (χ2n) is 6.31. The smallest absolute Gasteiger partial charge is 0.271 e. The summed E-state index contributed by atoms with van der Waals surface area (Å²) in [4.78, 5) is 24.0. The molecule has 0 aliphatic rings. The molecule has 0 saturated heterocycles. The van der Waals surface area contributed by atoms with Crippen LogP contribution in [-0.4, -0.2) is 24.2 Å². The van der Waals surface area contributed by atoms with Crippen LogP contribution in [0.15, 0.2) is 83.0 Å². The van der Waals surface area contributed by atoms with Gasteiger partial charge >= 0.3 is 0 Å². The van der Waals surface area contributed by atoms with E-state index in [1.54, 1.807) is 54.6 Å². The van der Waals surface area contributed by atoms with Crippen LogP contribution in [-0.2, 0) is 0 Å². The lowest BCUT2D eigenvalue weighted by Gasteiger charge is -2.01. The van der Waals surface area contributed by atoms with E-state index in [1.165, 1.54) is 12.4 Å². The third kappa shape index (κ3) is 5.77. The Bertz CT molecular complexity index is 1000. The third-order valence-corrected chi connectivity index (χ3v) is 4.02. The number of nitrogens with one attached hydrogen (secondary N) is 2. The van der Waals surface area contributed by atoms with Gasteiger partial charge in [-0.15, -0.1) is 0 Å². The van der Waals surface area contributed by atoms with Crippen molar-refractivity contribution in [1.29, 1.82) is 0 Å². The zero-order valence-electron chi connectivity index (χ0n) is 15.9. The number of carbonyl (C=O) groups is 2. The zero-order valence-corrected chi connectivity index (χ0v) is 15.9. The Labute approximate surface area is 173 Å². The average Bonchev–Trinajstić information content (AvgIpc) is 2.75. The number of hydrazone groups is 2. The summed E-state index contributed by atoms with van der Waals surface area (Å²) in [7, 11) is 0. The van der Waals surface area contributed by atoms with Gasteiger partial charge in [0.15, 0.2) is 0 Å². The maximum absolute atomic E-state index is 12.0.